The Morgan fingerprint density at radius 2 is 2.00 bits per heavy atom. The van der Waals surface area contributed by atoms with Gasteiger partial charge in [0.1, 0.15) is 5.82 Å². The third-order valence-corrected chi connectivity index (χ3v) is 4.30. The van der Waals surface area contributed by atoms with Crippen LogP contribution in [0.5, 0.6) is 0 Å². The molecule has 0 aromatic carbocycles. The summed E-state index contributed by atoms with van der Waals surface area (Å²) in [6.07, 6.45) is 4.09. The van der Waals surface area contributed by atoms with Crippen LogP contribution in [-0.4, -0.2) is 59.3 Å². The Balaban J connectivity index is 1.65. The van der Waals surface area contributed by atoms with E-state index < -0.39 is 0 Å². The molecular weight excluding hydrogens is 282 g/mol. The van der Waals surface area contributed by atoms with Gasteiger partial charge in [0.05, 0.1) is 6.10 Å². The van der Waals surface area contributed by atoms with Gasteiger partial charge in [0, 0.05) is 45.3 Å². The van der Waals surface area contributed by atoms with Crippen molar-refractivity contribution < 1.29 is 9.90 Å². The van der Waals surface area contributed by atoms with Gasteiger partial charge in [-0.1, -0.05) is 0 Å². The van der Waals surface area contributed by atoms with Gasteiger partial charge in [0.25, 0.3) is 0 Å². The monoisotopic (exact) mass is 305 g/mol. The molecule has 0 radical (unpaired) electrons. The number of rotatable bonds is 3. The molecule has 0 saturated carbocycles. The van der Waals surface area contributed by atoms with Crippen LogP contribution in [0.3, 0.4) is 0 Å². The second kappa shape index (κ2) is 6.48. The number of nitrogens with zero attached hydrogens (tertiary/aromatic N) is 4. The zero-order valence-electron chi connectivity index (χ0n) is 12.9. The highest BCUT2D eigenvalue weighted by atomic mass is 16.3. The average molecular weight is 305 g/mol. The molecular formula is C15H23N5O2. The number of piperidine rings is 1. The minimum Gasteiger partial charge on any atom is -0.393 e. The highest BCUT2D eigenvalue weighted by Crippen LogP contribution is 2.22. The fourth-order valence-electron chi connectivity index (χ4n) is 3.11. The van der Waals surface area contributed by atoms with Gasteiger partial charge in [0.15, 0.2) is 0 Å². The van der Waals surface area contributed by atoms with Gasteiger partial charge in [0.2, 0.25) is 11.9 Å². The number of hydrogen-bond donors (Lipinski definition) is 2. The van der Waals surface area contributed by atoms with Gasteiger partial charge in [-0.3, -0.25) is 4.79 Å². The van der Waals surface area contributed by atoms with Crippen LogP contribution in [-0.2, 0) is 4.79 Å². The Morgan fingerprint density at radius 3 is 2.73 bits per heavy atom. The molecule has 120 valence electrons. The van der Waals surface area contributed by atoms with Crippen molar-refractivity contribution in [2.75, 3.05) is 36.0 Å². The molecule has 0 spiro atoms. The van der Waals surface area contributed by atoms with Crippen molar-refractivity contribution in [2.45, 2.75) is 38.3 Å². The molecule has 2 N–H and O–H groups in total. The Labute approximate surface area is 130 Å². The molecule has 3 heterocycles. The van der Waals surface area contributed by atoms with Crippen molar-refractivity contribution in [1.29, 1.82) is 0 Å². The largest absolute Gasteiger partial charge is 0.393 e. The number of aromatic nitrogens is 2. The number of amides is 1. The summed E-state index contributed by atoms with van der Waals surface area (Å²) in [5.74, 6) is 1.64. The fourth-order valence-corrected chi connectivity index (χ4v) is 3.11. The van der Waals surface area contributed by atoms with Gasteiger partial charge in [-0.25, -0.2) is 4.98 Å². The van der Waals surface area contributed by atoms with E-state index in [4.69, 9.17) is 0 Å². The first-order valence-electron chi connectivity index (χ1n) is 7.90. The molecule has 1 aromatic heterocycles. The number of anilines is 2. The third kappa shape index (κ3) is 3.47. The van der Waals surface area contributed by atoms with Gasteiger partial charge in [-0.2, -0.15) is 4.98 Å². The Bertz CT molecular complexity index is 530. The normalized spacial score (nSPS) is 22.9. The number of carbonyl (C=O) groups is 1. The zero-order chi connectivity index (χ0) is 15.5. The Hall–Kier alpha value is -1.89. The molecule has 2 aliphatic rings. The van der Waals surface area contributed by atoms with Gasteiger partial charge >= 0.3 is 0 Å². The van der Waals surface area contributed by atoms with Crippen LogP contribution in [0.15, 0.2) is 12.3 Å². The second-order valence-corrected chi connectivity index (χ2v) is 6.07. The topological polar surface area (TPSA) is 81.6 Å². The molecule has 3 rings (SSSR count). The van der Waals surface area contributed by atoms with Gasteiger partial charge < -0.3 is 20.2 Å². The van der Waals surface area contributed by atoms with E-state index in [1.807, 2.05) is 6.07 Å². The predicted octanol–water partition coefficient (Wildman–Crippen LogP) is 0.152. The highest BCUT2D eigenvalue weighted by molar-refractivity contribution is 5.73. The van der Waals surface area contributed by atoms with Gasteiger partial charge in [-0.15, -0.1) is 0 Å². The molecule has 7 nitrogen and oxygen atoms in total. The van der Waals surface area contributed by atoms with Crippen molar-refractivity contribution in [2.24, 2.45) is 0 Å². The van der Waals surface area contributed by atoms with Crippen LogP contribution in [0, 0.1) is 0 Å². The van der Waals surface area contributed by atoms with Crippen molar-refractivity contribution in [3.05, 3.63) is 12.3 Å². The summed E-state index contributed by atoms with van der Waals surface area (Å²) in [5, 5.41) is 12.5. The smallest absolute Gasteiger partial charge is 0.227 e. The Kier molecular flexibility index (Phi) is 4.42. The van der Waals surface area contributed by atoms with E-state index in [2.05, 4.69) is 25.1 Å². The lowest BCUT2D eigenvalue weighted by Gasteiger charge is -2.31. The molecule has 2 aliphatic heterocycles. The molecule has 1 unspecified atom stereocenters. The quantitative estimate of drug-likeness (QED) is 0.827. The molecule has 1 amide bonds. The molecule has 0 aliphatic carbocycles. The maximum Gasteiger partial charge on any atom is 0.227 e. The summed E-state index contributed by atoms with van der Waals surface area (Å²) in [6.45, 7) is 4.80. The van der Waals surface area contributed by atoms with E-state index in [0.717, 1.165) is 57.2 Å². The number of carbonyl (C=O) groups excluding carboxylic acids is 1. The van der Waals surface area contributed by atoms with E-state index in [1.165, 1.54) is 0 Å². The Morgan fingerprint density at radius 1 is 1.27 bits per heavy atom. The summed E-state index contributed by atoms with van der Waals surface area (Å²) < 4.78 is 0. The minimum atomic E-state index is -0.186. The van der Waals surface area contributed by atoms with Crippen molar-refractivity contribution in [1.82, 2.24) is 15.3 Å². The molecule has 2 saturated heterocycles. The summed E-state index contributed by atoms with van der Waals surface area (Å²) in [5.41, 5.74) is 0. The predicted molar refractivity (Wildman–Crippen MR) is 83.9 cm³/mol. The fraction of sp³-hybridized carbons (Fsp3) is 0.667. The molecule has 7 heteroatoms. The lowest BCUT2D eigenvalue weighted by molar-refractivity contribution is -0.119. The number of hydrogen-bond acceptors (Lipinski definition) is 6. The minimum absolute atomic E-state index is 0.00777. The number of aliphatic hydroxyl groups is 1. The van der Waals surface area contributed by atoms with E-state index in [1.54, 1.807) is 13.1 Å². The lowest BCUT2D eigenvalue weighted by Crippen LogP contribution is -2.37. The zero-order valence-corrected chi connectivity index (χ0v) is 12.9. The first-order chi connectivity index (χ1) is 10.6. The maximum atomic E-state index is 11.1. The second-order valence-electron chi connectivity index (χ2n) is 6.07. The molecule has 0 bridgehead atoms. The van der Waals surface area contributed by atoms with Crippen LogP contribution in [0.2, 0.25) is 0 Å². The summed E-state index contributed by atoms with van der Waals surface area (Å²) in [7, 11) is 0. The first kappa shape index (κ1) is 15.0. The van der Waals surface area contributed by atoms with Crippen molar-refractivity contribution in [3.63, 3.8) is 0 Å². The van der Waals surface area contributed by atoms with E-state index in [0.29, 0.717) is 0 Å². The highest BCUT2D eigenvalue weighted by Gasteiger charge is 2.25. The van der Waals surface area contributed by atoms with E-state index >= 15 is 0 Å². The van der Waals surface area contributed by atoms with Crippen LogP contribution < -0.4 is 15.1 Å². The van der Waals surface area contributed by atoms with E-state index in [9.17, 15) is 9.90 Å². The molecule has 1 aromatic rings. The number of nitrogens with one attached hydrogen (secondary N) is 1. The van der Waals surface area contributed by atoms with E-state index in [-0.39, 0.29) is 18.1 Å². The molecule has 2 fully saturated rings. The lowest BCUT2D eigenvalue weighted by atomic mass is 10.1. The van der Waals surface area contributed by atoms with Crippen molar-refractivity contribution in [3.8, 4) is 0 Å². The molecule has 22 heavy (non-hydrogen) atoms. The average Bonchev–Trinajstić information content (AvgIpc) is 2.96. The van der Waals surface area contributed by atoms with Crippen LogP contribution in [0.4, 0.5) is 11.8 Å². The van der Waals surface area contributed by atoms with Crippen LogP contribution >= 0.6 is 0 Å². The standard InChI is InChI=1S/C15H23N5O2/c1-11(21)17-12-3-7-20(10-12)15-16-6-2-14(18-15)19-8-4-13(22)5-9-19/h2,6,12-13,22H,3-5,7-10H2,1H3,(H,17,21). The number of aliphatic hydroxyl groups excluding tert-OH is 1. The first-order valence-corrected chi connectivity index (χ1v) is 7.90. The van der Waals surface area contributed by atoms with Crippen molar-refractivity contribution >= 4 is 17.7 Å². The van der Waals surface area contributed by atoms with Gasteiger partial charge in [-0.05, 0) is 25.3 Å². The SMILES string of the molecule is CC(=O)NC1CCN(c2nccc(N3CCC(O)CC3)n2)C1. The third-order valence-electron chi connectivity index (χ3n) is 4.30. The summed E-state index contributed by atoms with van der Waals surface area (Å²) in [4.78, 5) is 24.5. The summed E-state index contributed by atoms with van der Waals surface area (Å²) in [6, 6.07) is 2.10. The molecule has 1 atom stereocenters. The summed E-state index contributed by atoms with van der Waals surface area (Å²) >= 11 is 0. The van der Waals surface area contributed by atoms with Crippen LogP contribution in [0.25, 0.3) is 0 Å². The van der Waals surface area contributed by atoms with Crippen LogP contribution in [0.1, 0.15) is 26.2 Å². The maximum absolute atomic E-state index is 11.1.